The highest BCUT2D eigenvalue weighted by atomic mass is 35.5. The maximum absolute atomic E-state index is 13.3. The second-order valence-electron chi connectivity index (χ2n) is 7.01. The minimum Gasteiger partial charge on any atom is -0.322 e. The van der Waals surface area contributed by atoms with Gasteiger partial charge in [-0.1, -0.05) is 35.9 Å². The molecule has 0 unspecified atom stereocenters. The number of nitrogens with zero attached hydrogens (tertiary/aromatic N) is 2. The van der Waals surface area contributed by atoms with E-state index in [9.17, 15) is 13.2 Å². The van der Waals surface area contributed by atoms with Crippen LogP contribution < -0.4 is 9.62 Å². The van der Waals surface area contributed by atoms with Gasteiger partial charge in [0.1, 0.15) is 0 Å². The second kappa shape index (κ2) is 8.98. The summed E-state index contributed by atoms with van der Waals surface area (Å²) in [4.78, 5) is 17.2. The van der Waals surface area contributed by atoms with Crippen LogP contribution in [-0.4, -0.2) is 25.9 Å². The lowest BCUT2D eigenvalue weighted by atomic mass is 10.1. The molecule has 0 aliphatic heterocycles. The zero-order valence-corrected chi connectivity index (χ0v) is 18.8. The van der Waals surface area contributed by atoms with Crippen LogP contribution in [0.5, 0.6) is 0 Å². The van der Waals surface area contributed by atoms with E-state index < -0.39 is 15.9 Å². The predicted molar refractivity (Wildman–Crippen MR) is 128 cm³/mol. The molecule has 4 rings (SSSR count). The minimum atomic E-state index is -3.89. The van der Waals surface area contributed by atoms with Gasteiger partial charge in [0.25, 0.3) is 15.9 Å². The second-order valence-corrected chi connectivity index (χ2v) is 9.28. The molecule has 0 bridgehead atoms. The molecule has 32 heavy (non-hydrogen) atoms. The molecule has 0 radical (unpaired) electrons. The summed E-state index contributed by atoms with van der Waals surface area (Å²) in [5, 5.41) is 3.81. The van der Waals surface area contributed by atoms with Crippen molar-refractivity contribution in [2.75, 3.05) is 16.2 Å². The lowest BCUT2D eigenvalue weighted by molar-refractivity contribution is 0.102. The monoisotopic (exact) mass is 465 g/mol. The number of sulfonamides is 1. The zero-order chi connectivity index (χ0) is 22.7. The van der Waals surface area contributed by atoms with E-state index in [1.807, 2.05) is 18.2 Å². The Kier molecular flexibility index (Phi) is 6.12. The Labute approximate surface area is 191 Å². The topological polar surface area (TPSA) is 79.4 Å². The van der Waals surface area contributed by atoms with Crippen molar-refractivity contribution in [2.45, 2.75) is 11.8 Å². The van der Waals surface area contributed by atoms with Gasteiger partial charge in [-0.05, 0) is 61.5 Å². The number of carbonyl (C=O) groups is 1. The molecule has 6 nitrogen and oxygen atoms in total. The van der Waals surface area contributed by atoms with Gasteiger partial charge < -0.3 is 5.32 Å². The van der Waals surface area contributed by atoms with Crippen molar-refractivity contribution in [3.05, 3.63) is 95.6 Å². The third kappa shape index (κ3) is 4.30. The summed E-state index contributed by atoms with van der Waals surface area (Å²) >= 11 is 6.25. The molecule has 0 atom stereocenters. The van der Waals surface area contributed by atoms with Crippen LogP contribution in [0.3, 0.4) is 0 Å². The SMILES string of the molecule is CCN(c1ccccc1)S(=O)(=O)c1ccc(Cl)c(C(=O)Nc2ccc3ncccc3c2)c1. The van der Waals surface area contributed by atoms with E-state index >= 15 is 0 Å². The predicted octanol–water partition coefficient (Wildman–Crippen LogP) is 5.36. The van der Waals surface area contributed by atoms with Gasteiger partial charge in [0, 0.05) is 23.8 Å². The molecular weight excluding hydrogens is 446 g/mol. The van der Waals surface area contributed by atoms with E-state index in [1.54, 1.807) is 55.6 Å². The normalized spacial score (nSPS) is 11.3. The summed E-state index contributed by atoms with van der Waals surface area (Å²) in [6.45, 7) is 1.99. The van der Waals surface area contributed by atoms with E-state index in [4.69, 9.17) is 11.6 Å². The molecule has 0 aliphatic carbocycles. The lowest BCUT2D eigenvalue weighted by Gasteiger charge is -2.23. The fraction of sp³-hybridized carbons (Fsp3) is 0.0833. The van der Waals surface area contributed by atoms with Crippen LogP contribution in [-0.2, 0) is 10.0 Å². The molecule has 1 N–H and O–H groups in total. The van der Waals surface area contributed by atoms with Crippen LogP contribution in [0.1, 0.15) is 17.3 Å². The molecule has 1 heterocycles. The molecule has 162 valence electrons. The summed E-state index contributed by atoms with van der Waals surface area (Å²) < 4.78 is 27.9. The molecule has 0 saturated heterocycles. The van der Waals surface area contributed by atoms with Gasteiger partial charge in [-0.15, -0.1) is 0 Å². The number of halogens is 1. The Morgan fingerprint density at radius 2 is 1.78 bits per heavy atom. The van der Waals surface area contributed by atoms with Crippen molar-refractivity contribution in [3.8, 4) is 0 Å². The number of hydrogen-bond acceptors (Lipinski definition) is 4. The molecule has 1 amide bonds. The van der Waals surface area contributed by atoms with Crippen molar-refractivity contribution in [3.63, 3.8) is 0 Å². The number of carbonyl (C=O) groups excluding carboxylic acids is 1. The van der Waals surface area contributed by atoms with Gasteiger partial charge in [0.05, 0.1) is 26.7 Å². The van der Waals surface area contributed by atoms with Crippen LogP contribution in [0, 0.1) is 0 Å². The number of fused-ring (bicyclic) bond motifs is 1. The highest BCUT2D eigenvalue weighted by Crippen LogP contribution is 2.27. The molecule has 8 heteroatoms. The van der Waals surface area contributed by atoms with Crippen molar-refractivity contribution >= 4 is 49.8 Å². The Hall–Kier alpha value is -3.42. The quantitative estimate of drug-likeness (QED) is 0.416. The van der Waals surface area contributed by atoms with Gasteiger partial charge in [-0.3, -0.25) is 14.1 Å². The lowest BCUT2D eigenvalue weighted by Crippen LogP contribution is -2.31. The molecule has 4 aromatic rings. The maximum Gasteiger partial charge on any atom is 0.264 e. The first-order chi connectivity index (χ1) is 15.4. The first-order valence-corrected chi connectivity index (χ1v) is 11.8. The van der Waals surface area contributed by atoms with Gasteiger partial charge in [0.2, 0.25) is 0 Å². The van der Waals surface area contributed by atoms with Gasteiger partial charge in [0.15, 0.2) is 0 Å². The summed E-state index contributed by atoms with van der Waals surface area (Å²) in [7, 11) is -3.89. The molecule has 0 saturated carbocycles. The number of rotatable bonds is 6. The Morgan fingerprint density at radius 1 is 1.00 bits per heavy atom. The van der Waals surface area contributed by atoms with Crippen molar-refractivity contribution in [2.24, 2.45) is 0 Å². The smallest absolute Gasteiger partial charge is 0.264 e. The summed E-state index contributed by atoms with van der Waals surface area (Å²) in [5.74, 6) is -0.502. The third-order valence-electron chi connectivity index (χ3n) is 4.96. The van der Waals surface area contributed by atoms with Crippen LogP contribution in [0.25, 0.3) is 10.9 Å². The standard InChI is InChI=1S/C24H20ClN3O3S/c1-2-28(19-8-4-3-5-9-19)32(30,31)20-11-12-22(25)21(16-20)24(29)27-18-10-13-23-17(15-18)7-6-14-26-23/h3-16H,2H2,1H3,(H,27,29). The average Bonchev–Trinajstić information content (AvgIpc) is 2.80. The maximum atomic E-state index is 13.3. The molecular formula is C24H20ClN3O3S. The first kappa shape index (κ1) is 21.8. The highest BCUT2D eigenvalue weighted by molar-refractivity contribution is 7.92. The van der Waals surface area contributed by atoms with Crippen LogP contribution >= 0.6 is 11.6 Å². The van der Waals surface area contributed by atoms with E-state index in [1.165, 1.54) is 22.5 Å². The first-order valence-electron chi connectivity index (χ1n) is 9.93. The molecule has 0 spiro atoms. The van der Waals surface area contributed by atoms with Crippen molar-refractivity contribution < 1.29 is 13.2 Å². The van der Waals surface area contributed by atoms with Crippen molar-refractivity contribution in [1.29, 1.82) is 0 Å². The average molecular weight is 466 g/mol. The number of pyridine rings is 1. The van der Waals surface area contributed by atoms with Crippen LogP contribution in [0.2, 0.25) is 5.02 Å². The Bertz CT molecular complexity index is 1390. The number of benzene rings is 3. The largest absolute Gasteiger partial charge is 0.322 e. The van der Waals surface area contributed by atoms with E-state index in [2.05, 4.69) is 10.3 Å². The van der Waals surface area contributed by atoms with Crippen molar-refractivity contribution in [1.82, 2.24) is 4.98 Å². The summed E-state index contributed by atoms with van der Waals surface area (Å²) in [5.41, 5.74) is 1.97. The Balaban J connectivity index is 1.66. The number of aromatic nitrogens is 1. The number of nitrogens with one attached hydrogen (secondary N) is 1. The molecule has 3 aromatic carbocycles. The van der Waals surface area contributed by atoms with Crippen LogP contribution in [0.15, 0.2) is 90.0 Å². The molecule has 0 aliphatic rings. The fourth-order valence-electron chi connectivity index (χ4n) is 3.40. The van der Waals surface area contributed by atoms with E-state index in [0.717, 1.165) is 10.9 Å². The summed E-state index contributed by atoms with van der Waals surface area (Å²) in [6, 6.07) is 22.0. The van der Waals surface area contributed by atoms with E-state index in [0.29, 0.717) is 11.4 Å². The Morgan fingerprint density at radius 3 is 2.53 bits per heavy atom. The molecule has 0 fully saturated rings. The van der Waals surface area contributed by atoms with Gasteiger partial charge in [-0.2, -0.15) is 0 Å². The van der Waals surface area contributed by atoms with Gasteiger partial charge in [-0.25, -0.2) is 8.42 Å². The number of amides is 1. The van der Waals surface area contributed by atoms with Crippen LogP contribution in [0.4, 0.5) is 11.4 Å². The van der Waals surface area contributed by atoms with E-state index in [-0.39, 0.29) is 22.0 Å². The number of anilines is 2. The number of para-hydroxylation sites is 1. The number of hydrogen-bond donors (Lipinski definition) is 1. The third-order valence-corrected chi connectivity index (χ3v) is 7.19. The molecule has 1 aromatic heterocycles. The summed E-state index contributed by atoms with van der Waals surface area (Å²) in [6.07, 6.45) is 1.70. The fourth-order valence-corrected chi connectivity index (χ4v) is 5.11. The minimum absolute atomic E-state index is 0.0135. The zero-order valence-electron chi connectivity index (χ0n) is 17.2. The highest BCUT2D eigenvalue weighted by Gasteiger charge is 2.25. The van der Waals surface area contributed by atoms with Gasteiger partial charge >= 0.3 is 0 Å².